The van der Waals surface area contributed by atoms with Gasteiger partial charge in [0.15, 0.2) is 0 Å². The van der Waals surface area contributed by atoms with E-state index in [1.165, 1.54) is 0 Å². The molecule has 2 heteroatoms. The summed E-state index contributed by atoms with van der Waals surface area (Å²) >= 11 is 0. The molecular weight excluding hydrogens is 148 g/mol. The molecule has 0 spiro atoms. The van der Waals surface area contributed by atoms with Crippen LogP contribution < -0.4 is 0 Å². The molecule has 1 atom stereocenters. The van der Waals surface area contributed by atoms with Gasteiger partial charge in [0.25, 0.3) is 0 Å². The maximum Gasteiger partial charge on any atom is 0.0661 e. The zero-order valence-corrected chi connectivity index (χ0v) is 8.09. The summed E-state index contributed by atoms with van der Waals surface area (Å²) in [6.07, 6.45) is 2.24. The summed E-state index contributed by atoms with van der Waals surface area (Å²) in [6.45, 7) is 6.19. The van der Waals surface area contributed by atoms with E-state index in [9.17, 15) is 0 Å². The molecule has 0 N–H and O–H groups in total. The number of nitrogens with zero attached hydrogens (tertiary/aromatic N) is 2. The Morgan fingerprint density at radius 3 is 2.17 bits per heavy atom. The molecular formula is C10H16N2. The standard InChI is InChI=1S/C10H16N2/c1-10(2,3)9(8-12)6-4-5-7-11/h9H,4-6H2,1-3H3. The summed E-state index contributed by atoms with van der Waals surface area (Å²) in [6, 6.07) is 4.38. The molecule has 66 valence electrons. The van der Waals surface area contributed by atoms with Crippen LogP contribution in [-0.2, 0) is 0 Å². The van der Waals surface area contributed by atoms with Crippen LogP contribution in [0.4, 0.5) is 0 Å². The van der Waals surface area contributed by atoms with Gasteiger partial charge in [-0.2, -0.15) is 10.5 Å². The molecule has 0 aromatic carbocycles. The molecule has 0 aliphatic carbocycles. The van der Waals surface area contributed by atoms with Gasteiger partial charge in [-0.25, -0.2) is 0 Å². The van der Waals surface area contributed by atoms with Crippen LogP contribution in [0.5, 0.6) is 0 Å². The zero-order valence-electron chi connectivity index (χ0n) is 8.09. The number of unbranched alkanes of at least 4 members (excludes halogenated alkanes) is 1. The Labute approximate surface area is 74.8 Å². The normalized spacial score (nSPS) is 13.1. The van der Waals surface area contributed by atoms with E-state index in [0.29, 0.717) is 6.42 Å². The number of nitriles is 2. The van der Waals surface area contributed by atoms with Crippen molar-refractivity contribution in [3.05, 3.63) is 0 Å². The monoisotopic (exact) mass is 164 g/mol. The molecule has 0 heterocycles. The highest BCUT2D eigenvalue weighted by atomic mass is 14.3. The third-order valence-corrected chi connectivity index (χ3v) is 1.98. The Bertz CT molecular complexity index is 199. The second-order valence-electron chi connectivity index (χ2n) is 4.10. The predicted octanol–water partition coefficient (Wildman–Crippen LogP) is 2.87. The van der Waals surface area contributed by atoms with Crippen LogP contribution in [0.2, 0.25) is 0 Å². The molecule has 0 saturated carbocycles. The highest BCUT2D eigenvalue weighted by Crippen LogP contribution is 2.29. The highest BCUT2D eigenvalue weighted by molar-refractivity contribution is 4.91. The molecule has 0 amide bonds. The van der Waals surface area contributed by atoms with Gasteiger partial charge >= 0.3 is 0 Å². The lowest BCUT2D eigenvalue weighted by Crippen LogP contribution is -2.18. The summed E-state index contributed by atoms with van der Waals surface area (Å²) < 4.78 is 0. The number of hydrogen-bond donors (Lipinski definition) is 0. The molecule has 0 aromatic rings. The quantitative estimate of drug-likeness (QED) is 0.602. The van der Waals surface area contributed by atoms with Crippen molar-refractivity contribution in [3.63, 3.8) is 0 Å². The summed E-state index contributed by atoms with van der Waals surface area (Å²) in [5.74, 6) is 0.0749. The molecule has 0 aliphatic rings. The van der Waals surface area contributed by atoms with Crippen LogP contribution in [0, 0.1) is 34.0 Å². The minimum absolute atomic E-state index is 0.0458. The molecule has 0 aromatic heterocycles. The van der Waals surface area contributed by atoms with Gasteiger partial charge in [0.2, 0.25) is 0 Å². The summed E-state index contributed by atoms with van der Waals surface area (Å²) in [4.78, 5) is 0. The maximum absolute atomic E-state index is 8.83. The molecule has 0 bridgehead atoms. The second-order valence-corrected chi connectivity index (χ2v) is 4.10. The van der Waals surface area contributed by atoms with Gasteiger partial charge in [-0.05, 0) is 18.3 Å². The largest absolute Gasteiger partial charge is 0.198 e. The molecule has 1 unspecified atom stereocenters. The Hall–Kier alpha value is -1.02. The lowest BCUT2D eigenvalue weighted by Gasteiger charge is -2.24. The minimum Gasteiger partial charge on any atom is -0.198 e. The van der Waals surface area contributed by atoms with Crippen LogP contribution in [0.25, 0.3) is 0 Å². The zero-order chi connectivity index (χ0) is 9.61. The molecule has 12 heavy (non-hydrogen) atoms. The molecule has 0 rings (SSSR count). The van der Waals surface area contributed by atoms with Gasteiger partial charge in [0.05, 0.1) is 18.1 Å². The van der Waals surface area contributed by atoms with Gasteiger partial charge < -0.3 is 0 Å². The van der Waals surface area contributed by atoms with Crippen LogP contribution in [0.1, 0.15) is 40.0 Å². The Kier molecular flexibility index (Phi) is 4.37. The van der Waals surface area contributed by atoms with Gasteiger partial charge in [-0.3, -0.25) is 0 Å². The van der Waals surface area contributed by atoms with Crippen molar-refractivity contribution < 1.29 is 0 Å². The van der Waals surface area contributed by atoms with E-state index in [1.807, 2.05) is 0 Å². The average molecular weight is 164 g/mol. The molecule has 0 saturated heterocycles. The van der Waals surface area contributed by atoms with E-state index in [-0.39, 0.29) is 11.3 Å². The van der Waals surface area contributed by atoms with Crippen molar-refractivity contribution in [2.24, 2.45) is 11.3 Å². The lowest BCUT2D eigenvalue weighted by molar-refractivity contribution is 0.282. The first-order chi connectivity index (χ1) is 5.52. The molecule has 2 nitrogen and oxygen atoms in total. The van der Waals surface area contributed by atoms with Gasteiger partial charge in [-0.1, -0.05) is 20.8 Å². The van der Waals surface area contributed by atoms with E-state index >= 15 is 0 Å². The third kappa shape index (κ3) is 3.98. The van der Waals surface area contributed by atoms with Crippen molar-refractivity contribution in [2.75, 3.05) is 0 Å². The van der Waals surface area contributed by atoms with E-state index < -0.39 is 0 Å². The highest BCUT2D eigenvalue weighted by Gasteiger charge is 2.23. The lowest BCUT2D eigenvalue weighted by atomic mass is 9.79. The SMILES string of the molecule is CC(C)(C)C(C#N)CCCC#N. The van der Waals surface area contributed by atoms with Crippen LogP contribution in [0.3, 0.4) is 0 Å². The first kappa shape index (κ1) is 11.0. The molecule has 0 radical (unpaired) electrons. The van der Waals surface area contributed by atoms with Crippen molar-refractivity contribution in [2.45, 2.75) is 40.0 Å². The smallest absolute Gasteiger partial charge is 0.0661 e. The van der Waals surface area contributed by atoms with Gasteiger partial charge in [-0.15, -0.1) is 0 Å². The Morgan fingerprint density at radius 2 is 1.83 bits per heavy atom. The Morgan fingerprint density at radius 1 is 1.25 bits per heavy atom. The van der Waals surface area contributed by atoms with E-state index in [0.717, 1.165) is 12.8 Å². The number of hydrogen-bond acceptors (Lipinski definition) is 2. The molecule has 0 fully saturated rings. The predicted molar refractivity (Wildman–Crippen MR) is 48.0 cm³/mol. The first-order valence-electron chi connectivity index (χ1n) is 4.29. The summed E-state index contributed by atoms with van der Waals surface area (Å²) in [5.41, 5.74) is 0.0458. The molecule has 0 aliphatic heterocycles. The fraction of sp³-hybridized carbons (Fsp3) is 0.800. The van der Waals surface area contributed by atoms with Gasteiger partial charge in [0, 0.05) is 6.42 Å². The fourth-order valence-corrected chi connectivity index (χ4v) is 1.08. The van der Waals surface area contributed by atoms with Crippen LogP contribution in [0.15, 0.2) is 0 Å². The van der Waals surface area contributed by atoms with E-state index in [1.54, 1.807) is 0 Å². The van der Waals surface area contributed by atoms with Crippen LogP contribution in [-0.4, -0.2) is 0 Å². The van der Waals surface area contributed by atoms with Crippen molar-refractivity contribution >= 4 is 0 Å². The summed E-state index contributed by atoms with van der Waals surface area (Å²) in [5, 5.41) is 17.1. The summed E-state index contributed by atoms with van der Waals surface area (Å²) in [7, 11) is 0. The van der Waals surface area contributed by atoms with E-state index in [2.05, 4.69) is 32.9 Å². The fourth-order valence-electron chi connectivity index (χ4n) is 1.08. The Balaban J connectivity index is 3.89. The van der Waals surface area contributed by atoms with Crippen molar-refractivity contribution in [1.82, 2.24) is 0 Å². The van der Waals surface area contributed by atoms with Crippen molar-refractivity contribution in [1.29, 1.82) is 10.5 Å². The average Bonchev–Trinajstić information content (AvgIpc) is 1.95. The minimum atomic E-state index is 0.0458. The van der Waals surface area contributed by atoms with Gasteiger partial charge in [0.1, 0.15) is 0 Å². The van der Waals surface area contributed by atoms with E-state index in [4.69, 9.17) is 10.5 Å². The third-order valence-electron chi connectivity index (χ3n) is 1.98. The second kappa shape index (κ2) is 4.78. The first-order valence-corrected chi connectivity index (χ1v) is 4.29. The maximum atomic E-state index is 8.83. The topological polar surface area (TPSA) is 47.6 Å². The number of rotatable bonds is 3. The van der Waals surface area contributed by atoms with Crippen LogP contribution >= 0.6 is 0 Å². The van der Waals surface area contributed by atoms with Crippen molar-refractivity contribution in [3.8, 4) is 12.1 Å².